The van der Waals surface area contributed by atoms with Crippen LogP contribution >= 0.6 is 0 Å². The molecule has 0 fully saturated rings. The van der Waals surface area contributed by atoms with E-state index in [1.807, 2.05) is 18.2 Å². The number of rotatable bonds is 5. The second-order valence-corrected chi connectivity index (χ2v) is 4.94. The molecule has 0 aliphatic heterocycles. The van der Waals surface area contributed by atoms with E-state index >= 15 is 0 Å². The van der Waals surface area contributed by atoms with Crippen molar-refractivity contribution >= 4 is 0 Å². The third-order valence-electron chi connectivity index (χ3n) is 3.65. The molecule has 2 aromatic rings. The summed E-state index contributed by atoms with van der Waals surface area (Å²) < 4.78 is 0. The highest BCUT2D eigenvalue weighted by molar-refractivity contribution is 5.34. The van der Waals surface area contributed by atoms with Crippen LogP contribution in [0, 0.1) is 0 Å². The maximum absolute atomic E-state index is 10.4. The minimum absolute atomic E-state index is 0.418. The molecule has 1 heteroatoms. The van der Waals surface area contributed by atoms with Crippen LogP contribution in [0.1, 0.15) is 42.2 Å². The van der Waals surface area contributed by atoms with Gasteiger partial charge in [-0.15, -0.1) is 0 Å². The summed E-state index contributed by atoms with van der Waals surface area (Å²) in [6.07, 6.45) is 2.33. The smallest absolute Gasteiger partial charge is 0.0830 e. The van der Waals surface area contributed by atoms with E-state index in [-0.39, 0.29) is 0 Å². The van der Waals surface area contributed by atoms with Crippen LogP contribution in [0.4, 0.5) is 0 Å². The Labute approximate surface area is 115 Å². The predicted molar refractivity (Wildman–Crippen MR) is 80.3 cm³/mol. The summed E-state index contributed by atoms with van der Waals surface area (Å²) >= 11 is 0. The van der Waals surface area contributed by atoms with Crippen LogP contribution in [-0.2, 0) is 19.3 Å². The largest absolute Gasteiger partial charge is 0.388 e. The number of hydrogen-bond acceptors (Lipinski definition) is 1. The second-order valence-electron chi connectivity index (χ2n) is 4.94. The minimum atomic E-state index is -0.418. The Morgan fingerprint density at radius 3 is 2.21 bits per heavy atom. The van der Waals surface area contributed by atoms with Gasteiger partial charge in [-0.05, 0) is 35.1 Å². The Hall–Kier alpha value is -1.60. The molecule has 0 saturated heterocycles. The molecule has 0 aliphatic rings. The maximum atomic E-state index is 10.4. The lowest BCUT2D eigenvalue weighted by molar-refractivity contribution is 0.178. The molecule has 0 heterocycles. The quantitative estimate of drug-likeness (QED) is 0.852. The standard InChI is InChI=1S/C18H22O/c1-3-15-10-11-17(13-16(15)4-2)18(19)12-14-8-6-5-7-9-14/h5-11,13,18-19H,3-4,12H2,1-2H3. The van der Waals surface area contributed by atoms with Crippen molar-refractivity contribution in [1.29, 1.82) is 0 Å². The summed E-state index contributed by atoms with van der Waals surface area (Å²) in [5.41, 5.74) is 4.94. The summed E-state index contributed by atoms with van der Waals surface area (Å²) in [7, 11) is 0. The third-order valence-corrected chi connectivity index (χ3v) is 3.65. The van der Waals surface area contributed by atoms with Gasteiger partial charge in [-0.2, -0.15) is 0 Å². The average Bonchev–Trinajstić information content (AvgIpc) is 2.47. The van der Waals surface area contributed by atoms with Crippen molar-refractivity contribution in [3.8, 4) is 0 Å². The normalized spacial score (nSPS) is 12.4. The molecular weight excluding hydrogens is 232 g/mol. The van der Waals surface area contributed by atoms with Crippen molar-refractivity contribution in [3.05, 3.63) is 70.8 Å². The first kappa shape index (κ1) is 13.8. The Bertz CT molecular complexity index is 516. The first-order valence-electron chi connectivity index (χ1n) is 7.08. The number of aliphatic hydroxyl groups is 1. The van der Waals surface area contributed by atoms with E-state index in [4.69, 9.17) is 0 Å². The Morgan fingerprint density at radius 1 is 0.895 bits per heavy atom. The van der Waals surface area contributed by atoms with Crippen molar-refractivity contribution in [3.63, 3.8) is 0 Å². The van der Waals surface area contributed by atoms with Crippen molar-refractivity contribution < 1.29 is 5.11 Å². The fraction of sp³-hybridized carbons (Fsp3) is 0.333. The number of aryl methyl sites for hydroxylation is 2. The fourth-order valence-electron chi connectivity index (χ4n) is 2.48. The fourth-order valence-corrected chi connectivity index (χ4v) is 2.48. The van der Waals surface area contributed by atoms with Crippen LogP contribution in [-0.4, -0.2) is 5.11 Å². The summed E-state index contributed by atoms with van der Waals surface area (Å²) in [4.78, 5) is 0. The SMILES string of the molecule is CCc1ccc(C(O)Cc2ccccc2)cc1CC. The lowest BCUT2D eigenvalue weighted by Gasteiger charge is -2.14. The molecule has 0 bridgehead atoms. The number of benzene rings is 2. The third kappa shape index (κ3) is 3.45. The molecule has 0 saturated carbocycles. The zero-order valence-corrected chi connectivity index (χ0v) is 11.8. The van der Waals surface area contributed by atoms with E-state index in [1.165, 1.54) is 16.7 Å². The molecule has 2 aromatic carbocycles. The minimum Gasteiger partial charge on any atom is -0.388 e. The van der Waals surface area contributed by atoms with Gasteiger partial charge >= 0.3 is 0 Å². The highest BCUT2D eigenvalue weighted by atomic mass is 16.3. The highest BCUT2D eigenvalue weighted by Crippen LogP contribution is 2.22. The maximum Gasteiger partial charge on any atom is 0.0830 e. The summed E-state index contributed by atoms with van der Waals surface area (Å²) in [5, 5.41) is 10.4. The summed E-state index contributed by atoms with van der Waals surface area (Å²) in [6, 6.07) is 16.5. The second kappa shape index (κ2) is 6.53. The molecule has 0 aromatic heterocycles. The van der Waals surface area contributed by atoms with Crippen LogP contribution in [0.15, 0.2) is 48.5 Å². The van der Waals surface area contributed by atoms with Gasteiger partial charge in [0.1, 0.15) is 0 Å². The summed E-state index contributed by atoms with van der Waals surface area (Å²) in [6.45, 7) is 4.34. The molecule has 2 rings (SSSR count). The van der Waals surface area contributed by atoms with Crippen molar-refractivity contribution in [1.82, 2.24) is 0 Å². The van der Waals surface area contributed by atoms with Gasteiger partial charge < -0.3 is 5.11 Å². The Kier molecular flexibility index (Phi) is 4.75. The van der Waals surface area contributed by atoms with Crippen LogP contribution in [0.5, 0.6) is 0 Å². The van der Waals surface area contributed by atoms with Crippen LogP contribution in [0.25, 0.3) is 0 Å². The lowest BCUT2D eigenvalue weighted by Crippen LogP contribution is -2.03. The van der Waals surface area contributed by atoms with E-state index in [2.05, 4.69) is 44.2 Å². The Morgan fingerprint density at radius 2 is 1.58 bits per heavy atom. The van der Waals surface area contributed by atoms with Crippen molar-refractivity contribution in [2.45, 2.75) is 39.2 Å². The van der Waals surface area contributed by atoms with Gasteiger partial charge in [-0.25, -0.2) is 0 Å². The van der Waals surface area contributed by atoms with Gasteiger partial charge in [-0.3, -0.25) is 0 Å². The molecule has 0 radical (unpaired) electrons. The molecule has 19 heavy (non-hydrogen) atoms. The molecule has 1 nitrogen and oxygen atoms in total. The molecule has 1 N–H and O–H groups in total. The van der Waals surface area contributed by atoms with Crippen molar-refractivity contribution in [2.75, 3.05) is 0 Å². The number of aliphatic hydroxyl groups excluding tert-OH is 1. The molecular formula is C18H22O. The van der Waals surface area contributed by atoms with Crippen molar-refractivity contribution in [2.24, 2.45) is 0 Å². The van der Waals surface area contributed by atoms with E-state index < -0.39 is 6.10 Å². The van der Waals surface area contributed by atoms with Gasteiger partial charge in [0, 0.05) is 6.42 Å². The first-order valence-corrected chi connectivity index (χ1v) is 7.08. The lowest BCUT2D eigenvalue weighted by atomic mass is 9.95. The zero-order chi connectivity index (χ0) is 13.7. The van der Waals surface area contributed by atoms with Gasteiger partial charge in [0.05, 0.1) is 6.10 Å². The van der Waals surface area contributed by atoms with Gasteiger partial charge in [-0.1, -0.05) is 62.4 Å². The predicted octanol–water partition coefficient (Wildman–Crippen LogP) is 4.09. The highest BCUT2D eigenvalue weighted by Gasteiger charge is 2.10. The molecule has 0 aliphatic carbocycles. The number of hydrogen-bond donors (Lipinski definition) is 1. The van der Waals surface area contributed by atoms with E-state index in [0.29, 0.717) is 6.42 Å². The molecule has 0 amide bonds. The van der Waals surface area contributed by atoms with Crippen LogP contribution < -0.4 is 0 Å². The molecule has 100 valence electrons. The van der Waals surface area contributed by atoms with E-state index in [9.17, 15) is 5.11 Å². The van der Waals surface area contributed by atoms with Gasteiger partial charge in [0.15, 0.2) is 0 Å². The van der Waals surface area contributed by atoms with Gasteiger partial charge in [0.25, 0.3) is 0 Å². The first-order chi connectivity index (χ1) is 9.24. The topological polar surface area (TPSA) is 20.2 Å². The van der Waals surface area contributed by atoms with E-state index in [0.717, 1.165) is 18.4 Å². The molecule has 1 unspecified atom stereocenters. The average molecular weight is 254 g/mol. The Balaban J connectivity index is 2.17. The summed E-state index contributed by atoms with van der Waals surface area (Å²) in [5.74, 6) is 0. The zero-order valence-electron chi connectivity index (χ0n) is 11.8. The van der Waals surface area contributed by atoms with Gasteiger partial charge in [0.2, 0.25) is 0 Å². The van der Waals surface area contributed by atoms with Crippen LogP contribution in [0.2, 0.25) is 0 Å². The van der Waals surface area contributed by atoms with Crippen LogP contribution in [0.3, 0.4) is 0 Å². The van der Waals surface area contributed by atoms with E-state index in [1.54, 1.807) is 0 Å². The molecule has 0 spiro atoms. The molecule has 1 atom stereocenters. The monoisotopic (exact) mass is 254 g/mol.